The quantitative estimate of drug-likeness (QED) is 0.481. The zero-order valence-electron chi connectivity index (χ0n) is 11.5. The van der Waals surface area contributed by atoms with Gasteiger partial charge in [0.1, 0.15) is 16.8 Å². The van der Waals surface area contributed by atoms with Crippen molar-refractivity contribution in [2.75, 3.05) is 18.2 Å². The molecule has 0 radical (unpaired) electrons. The van der Waals surface area contributed by atoms with Gasteiger partial charge in [-0.15, -0.1) is 0 Å². The lowest BCUT2D eigenvalue weighted by molar-refractivity contribution is 0.583. The molecule has 0 bridgehead atoms. The normalized spacial score (nSPS) is 12.2. The number of nitrogens with zero attached hydrogens (tertiary/aromatic N) is 3. The van der Waals surface area contributed by atoms with Gasteiger partial charge in [0.05, 0.1) is 6.04 Å². The van der Waals surface area contributed by atoms with Crippen LogP contribution in [0, 0.1) is 5.82 Å². The van der Waals surface area contributed by atoms with Crippen molar-refractivity contribution in [3.8, 4) is 0 Å². The molecule has 0 aliphatic heterocycles. The summed E-state index contributed by atoms with van der Waals surface area (Å²) in [6.45, 7) is 1.92. The molecule has 0 N–H and O–H groups in total. The zero-order chi connectivity index (χ0) is 14.7. The van der Waals surface area contributed by atoms with Crippen molar-refractivity contribution in [2.24, 2.45) is 0 Å². The first-order chi connectivity index (χ1) is 9.52. The van der Waals surface area contributed by atoms with Crippen molar-refractivity contribution >= 4 is 29.2 Å². The van der Waals surface area contributed by atoms with E-state index >= 15 is 0 Å². The Kier molecular flexibility index (Phi) is 4.83. The van der Waals surface area contributed by atoms with Crippen molar-refractivity contribution in [2.45, 2.75) is 18.1 Å². The number of thioether (sulfide) groups is 1. The lowest BCUT2D eigenvalue weighted by Crippen LogP contribution is -2.23. The van der Waals surface area contributed by atoms with Crippen LogP contribution in [0.15, 0.2) is 35.5 Å². The molecule has 3 nitrogen and oxygen atoms in total. The van der Waals surface area contributed by atoms with E-state index in [1.807, 2.05) is 31.2 Å². The molecule has 0 saturated heterocycles. The second kappa shape index (κ2) is 6.41. The first-order valence-corrected chi connectivity index (χ1v) is 7.69. The van der Waals surface area contributed by atoms with E-state index in [-0.39, 0.29) is 11.9 Å². The van der Waals surface area contributed by atoms with Crippen LogP contribution in [0.3, 0.4) is 0 Å². The molecule has 0 amide bonds. The number of anilines is 1. The summed E-state index contributed by atoms with van der Waals surface area (Å²) < 4.78 is 13.9. The van der Waals surface area contributed by atoms with Crippen LogP contribution in [0.1, 0.15) is 18.5 Å². The molecule has 20 heavy (non-hydrogen) atoms. The van der Waals surface area contributed by atoms with Crippen LogP contribution in [0.25, 0.3) is 0 Å². The van der Waals surface area contributed by atoms with Crippen molar-refractivity contribution in [1.82, 2.24) is 9.97 Å². The molecule has 1 unspecified atom stereocenters. The summed E-state index contributed by atoms with van der Waals surface area (Å²) in [7, 11) is 1.86. The third kappa shape index (κ3) is 3.22. The number of hydrogen-bond acceptors (Lipinski definition) is 4. The minimum Gasteiger partial charge on any atom is -0.353 e. The first kappa shape index (κ1) is 15.1. The molecule has 0 saturated carbocycles. The van der Waals surface area contributed by atoms with Gasteiger partial charge in [-0.05, 0) is 19.2 Å². The molecule has 1 atom stereocenters. The highest BCUT2D eigenvalue weighted by Crippen LogP contribution is 2.28. The van der Waals surface area contributed by atoms with E-state index in [4.69, 9.17) is 11.6 Å². The predicted molar refractivity (Wildman–Crippen MR) is 82.0 cm³/mol. The molecular weight excluding hydrogens is 297 g/mol. The fraction of sp³-hybridized carbons (Fsp3) is 0.286. The summed E-state index contributed by atoms with van der Waals surface area (Å²) in [6, 6.07) is 8.26. The Balaban J connectivity index is 2.33. The van der Waals surface area contributed by atoms with Gasteiger partial charge in [-0.25, -0.2) is 14.4 Å². The molecule has 0 aliphatic carbocycles. The smallest absolute Gasteiger partial charge is 0.190 e. The summed E-state index contributed by atoms with van der Waals surface area (Å²) in [4.78, 5) is 10.4. The molecule has 0 spiro atoms. The SMILES string of the molecule is CSc1nc(Cl)cc(N(C)C(C)c2ccccc2F)n1. The second-order valence-corrected chi connectivity index (χ2v) is 5.50. The van der Waals surface area contributed by atoms with Crippen LogP contribution in [0.5, 0.6) is 0 Å². The van der Waals surface area contributed by atoms with Gasteiger partial charge in [0.2, 0.25) is 0 Å². The predicted octanol–water partition coefficient (Wildman–Crippen LogP) is 4.19. The Morgan fingerprint density at radius 1 is 1.30 bits per heavy atom. The molecule has 0 aliphatic rings. The average Bonchev–Trinajstić information content (AvgIpc) is 2.45. The summed E-state index contributed by atoms with van der Waals surface area (Å²) in [5.41, 5.74) is 0.621. The molecule has 6 heteroatoms. The van der Waals surface area contributed by atoms with Gasteiger partial charge in [0.15, 0.2) is 5.16 Å². The topological polar surface area (TPSA) is 29.0 Å². The van der Waals surface area contributed by atoms with Crippen molar-refractivity contribution in [1.29, 1.82) is 0 Å². The van der Waals surface area contributed by atoms with E-state index < -0.39 is 0 Å². The van der Waals surface area contributed by atoms with Gasteiger partial charge in [0.25, 0.3) is 0 Å². The highest BCUT2D eigenvalue weighted by Gasteiger charge is 2.17. The van der Waals surface area contributed by atoms with Gasteiger partial charge in [-0.2, -0.15) is 0 Å². The van der Waals surface area contributed by atoms with E-state index in [0.29, 0.717) is 21.7 Å². The first-order valence-electron chi connectivity index (χ1n) is 6.08. The minimum atomic E-state index is -0.225. The Morgan fingerprint density at radius 2 is 2.00 bits per heavy atom. The van der Waals surface area contributed by atoms with Crippen LogP contribution in [-0.4, -0.2) is 23.3 Å². The third-order valence-corrected chi connectivity index (χ3v) is 3.88. The number of hydrogen-bond donors (Lipinski definition) is 0. The van der Waals surface area contributed by atoms with E-state index in [9.17, 15) is 4.39 Å². The van der Waals surface area contributed by atoms with Gasteiger partial charge in [0, 0.05) is 18.7 Å². The molecule has 1 aromatic carbocycles. The average molecular weight is 312 g/mol. The summed E-state index contributed by atoms with van der Waals surface area (Å²) >= 11 is 7.41. The number of benzene rings is 1. The van der Waals surface area contributed by atoms with E-state index in [0.717, 1.165) is 0 Å². The minimum absolute atomic E-state index is 0.156. The molecule has 106 valence electrons. The number of halogens is 2. The van der Waals surface area contributed by atoms with Crippen molar-refractivity contribution < 1.29 is 4.39 Å². The van der Waals surface area contributed by atoms with Crippen LogP contribution >= 0.6 is 23.4 Å². The van der Waals surface area contributed by atoms with Crippen molar-refractivity contribution in [3.05, 3.63) is 46.9 Å². The third-order valence-electron chi connectivity index (χ3n) is 3.14. The Labute approximate surface area is 127 Å². The fourth-order valence-electron chi connectivity index (χ4n) is 1.88. The maximum Gasteiger partial charge on any atom is 0.190 e. The highest BCUT2D eigenvalue weighted by molar-refractivity contribution is 7.98. The van der Waals surface area contributed by atoms with E-state index in [1.165, 1.54) is 17.8 Å². The van der Waals surface area contributed by atoms with Crippen LogP contribution in [0.4, 0.5) is 10.2 Å². The summed E-state index contributed by atoms with van der Waals surface area (Å²) in [5.74, 6) is 0.446. The Hall–Kier alpha value is -1.33. The molecule has 2 rings (SSSR count). The Bertz CT molecular complexity index is 609. The van der Waals surface area contributed by atoms with Gasteiger partial charge in [-0.1, -0.05) is 41.6 Å². The molecule has 2 aromatic rings. The van der Waals surface area contributed by atoms with Gasteiger partial charge >= 0.3 is 0 Å². The fourth-order valence-corrected chi connectivity index (χ4v) is 2.48. The van der Waals surface area contributed by atoms with Crippen LogP contribution in [-0.2, 0) is 0 Å². The number of aromatic nitrogens is 2. The maximum atomic E-state index is 13.9. The zero-order valence-corrected chi connectivity index (χ0v) is 13.0. The van der Waals surface area contributed by atoms with E-state index in [1.54, 1.807) is 18.2 Å². The lowest BCUT2D eigenvalue weighted by Gasteiger charge is -2.26. The largest absolute Gasteiger partial charge is 0.353 e. The van der Waals surface area contributed by atoms with Crippen LogP contribution in [0.2, 0.25) is 5.15 Å². The monoisotopic (exact) mass is 311 g/mol. The van der Waals surface area contributed by atoms with E-state index in [2.05, 4.69) is 9.97 Å². The summed E-state index contributed by atoms with van der Waals surface area (Å²) in [6.07, 6.45) is 1.88. The Morgan fingerprint density at radius 3 is 2.65 bits per heavy atom. The standard InChI is InChI=1S/C14H15ClFN3S/c1-9(10-6-4-5-7-11(10)16)19(2)13-8-12(15)17-14(18-13)20-3/h4-9H,1-3H3. The molecule has 1 aromatic heterocycles. The highest BCUT2D eigenvalue weighted by atomic mass is 35.5. The van der Waals surface area contributed by atoms with Crippen LogP contribution < -0.4 is 4.90 Å². The molecule has 0 fully saturated rings. The maximum absolute atomic E-state index is 13.9. The van der Waals surface area contributed by atoms with Gasteiger partial charge < -0.3 is 4.90 Å². The number of rotatable bonds is 4. The summed E-state index contributed by atoms with van der Waals surface area (Å²) in [5, 5.41) is 0.979. The van der Waals surface area contributed by atoms with Crippen molar-refractivity contribution in [3.63, 3.8) is 0 Å². The second-order valence-electron chi connectivity index (χ2n) is 4.34. The lowest BCUT2D eigenvalue weighted by atomic mass is 10.1. The molecular formula is C14H15ClFN3S. The van der Waals surface area contributed by atoms with Gasteiger partial charge in [-0.3, -0.25) is 0 Å². The molecule has 1 heterocycles.